The van der Waals surface area contributed by atoms with Crippen molar-refractivity contribution in [1.29, 1.82) is 0 Å². The van der Waals surface area contributed by atoms with E-state index in [1.807, 2.05) is 44.3 Å². The molecule has 1 amide bonds. The molecule has 1 saturated heterocycles. The fourth-order valence-electron chi connectivity index (χ4n) is 4.90. The van der Waals surface area contributed by atoms with E-state index in [1.54, 1.807) is 10.7 Å². The highest BCUT2D eigenvalue weighted by Gasteiger charge is 2.38. The average molecular weight is 440 g/mol. The number of carbonyl (C=O) groups excluding carboxylic acids is 1. The van der Waals surface area contributed by atoms with Gasteiger partial charge in [0.25, 0.3) is 0 Å². The molecular weight excluding hydrogens is 414 g/mol. The summed E-state index contributed by atoms with van der Waals surface area (Å²) < 4.78 is 1.77. The molecule has 2 aliphatic heterocycles. The molecule has 1 unspecified atom stereocenters. The van der Waals surface area contributed by atoms with E-state index in [4.69, 9.17) is 4.98 Å². The van der Waals surface area contributed by atoms with Gasteiger partial charge in [0.1, 0.15) is 0 Å². The molecule has 166 valence electrons. The Morgan fingerprint density at radius 3 is 2.85 bits per heavy atom. The lowest BCUT2D eigenvalue weighted by Gasteiger charge is -2.26. The van der Waals surface area contributed by atoms with Gasteiger partial charge < -0.3 is 15.5 Å². The molecule has 6 rings (SSSR count). The first-order valence-corrected chi connectivity index (χ1v) is 11.3. The molecule has 0 spiro atoms. The van der Waals surface area contributed by atoms with E-state index < -0.39 is 5.41 Å². The van der Waals surface area contributed by atoms with Gasteiger partial charge in [0.15, 0.2) is 11.5 Å². The molecule has 8 heteroatoms. The van der Waals surface area contributed by atoms with Crippen LogP contribution in [0, 0.1) is 0 Å². The first kappa shape index (κ1) is 19.7. The lowest BCUT2D eigenvalue weighted by molar-refractivity contribution is -0.119. The molecule has 2 N–H and O–H groups in total. The molecule has 2 aromatic heterocycles. The normalized spacial score (nSPS) is 19.0. The Labute approximate surface area is 191 Å². The van der Waals surface area contributed by atoms with Crippen molar-refractivity contribution >= 4 is 34.7 Å². The van der Waals surface area contributed by atoms with E-state index in [1.165, 1.54) is 5.56 Å². The number of nitrogens with zero attached hydrogens (tertiary/aromatic N) is 5. The second kappa shape index (κ2) is 7.30. The molecule has 2 aromatic carbocycles. The zero-order valence-corrected chi connectivity index (χ0v) is 18.6. The summed E-state index contributed by atoms with van der Waals surface area (Å²) in [6.45, 7) is 4.79. The van der Waals surface area contributed by atoms with Crippen molar-refractivity contribution < 1.29 is 4.79 Å². The summed E-state index contributed by atoms with van der Waals surface area (Å²) >= 11 is 0. The van der Waals surface area contributed by atoms with E-state index in [0.717, 1.165) is 47.8 Å². The molecule has 33 heavy (non-hydrogen) atoms. The Hall–Kier alpha value is -3.94. The highest BCUT2D eigenvalue weighted by molar-refractivity contribution is 6.06. The van der Waals surface area contributed by atoms with Crippen molar-refractivity contribution in [3.05, 3.63) is 72.1 Å². The number of amides is 1. The third kappa shape index (κ3) is 3.21. The number of aromatic nitrogens is 4. The number of fused-ring (bicyclic) bond motifs is 2. The molecule has 1 fully saturated rings. The Morgan fingerprint density at radius 2 is 2.00 bits per heavy atom. The minimum absolute atomic E-state index is 0.00908. The summed E-state index contributed by atoms with van der Waals surface area (Å²) in [5.74, 6) is 1.34. The lowest BCUT2D eigenvalue weighted by Crippen LogP contribution is -2.26. The SMILES string of the molecule is CC1(C)C(=O)Nc2cc(Nc3nc4c(N5CCCC5c5ccccc5)nccn4n3)ccc21. The molecule has 0 aliphatic carbocycles. The van der Waals surface area contributed by atoms with Crippen LogP contribution < -0.4 is 15.5 Å². The molecule has 4 heterocycles. The van der Waals surface area contributed by atoms with Crippen LogP contribution in [0.25, 0.3) is 5.65 Å². The first-order valence-electron chi connectivity index (χ1n) is 11.3. The van der Waals surface area contributed by atoms with Crippen LogP contribution in [-0.4, -0.2) is 32.0 Å². The first-order chi connectivity index (χ1) is 16.0. The minimum Gasteiger partial charge on any atom is -0.346 e. The lowest BCUT2D eigenvalue weighted by atomic mass is 9.86. The van der Waals surface area contributed by atoms with Crippen molar-refractivity contribution in [1.82, 2.24) is 19.6 Å². The monoisotopic (exact) mass is 439 g/mol. The van der Waals surface area contributed by atoms with Gasteiger partial charge in [0, 0.05) is 30.3 Å². The van der Waals surface area contributed by atoms with Crippen LogP contribution in [0.15, 0.2) is 60.9 Å². The molecule has 2 aliphatic rings. The van der Waals surface area contributed by atoms with Gasteiger partial charge in [0.05, 0.1) is 11.5 Å². The van der Waals surface area contributed by atoms with Crippen LogP contribution >= 0.6 is 0 Å². The van der Waals surface area contributed by atoms with Crippen molar-refractivity contribution in [3.8, 4) is 0 Å². The van der Waals surface area contributed by atoms with Gasteiger partial charge in [-0.15, -0.1) is 5.10 Å². The number of anilines is 4. The predicted molar refractivity (Wildman–Crippen MR) is 128 cm³/mol. The van der Waals surface area contributed by atoms with Gasteiger partial charge in [-0.3, -0.25) is 4.79 Å². The molecule has 4 aromatic rings. The van der Waals surface area contributed by atoms with Gasteiger partial charge in [-0.2, -0.15) is 4.98 Å². The van der Waals surface area contributed by atoms with Crippen molar-refractivity contribution in [2.45, 2.75) is 38.1 Å². The Bertz CT molecular complexity index is 1360. The third-order valence-corrected chi connectivity index (χ3v) is 6.71. The fraction of sp³-hybridized carbons (Fsp3) is 0.280. The minimum atomic E-state index is -0.527. The highest BCUT2D eigenvalue weighted by Crippen LogP contribution is 2.39. The zero-order valence-electron chi connectivity index (χ0n) is 18.6. The smallest absolute Gasteiger partial charge is 0.247 e. The Kier molecular flexibility index (Phi) is 4.36. The average Bonchev–Trinajstić information content (AvgIpc) is 3.51. The summed E-state index contributed by atoms with van der Waals surface area (Å²) in [6.07, 6.45) is 5.78. The summed E-state index contributed by atoms with van der Waals surface area (Å²) in [7, 11) is 0. The van der Waals surface area contributed by atoms with E-state index in [0.29, 0.717) is 5.95 Å². The van der Waals surface area contributed by atoms with E-state index >= 15 is 0 Å². The maximum atomic E-state index is 12.3. The molecule has 0 saturated carbocycles. The predicted octanol–water partition coefficient (Wildman–Crippen LogP) is 4.44. The highest BCUT2D eigenvalue weighted by atomic mass is 16.2. The van der Waals surface area contributed by atoms with Crippen LogP contribution in [0.2, 0.25) is 0 Å². The van der Waals surface area contributed by atoms with Gasteiger partial charge >= 0.3 is 0 Å². The molecule has 0 bridgehead atoms. The molecular formula is C25H25N7O. The number of nitrogens with one attached hydrogen (secondary N) is 2. The second-order valence-corrected chi connectivity index (χ2v) is 9.18. The van der Waals surface area contributed by atoms with E-state index in [9.17, 15) is 4.79 Å². The van der Waals surface area contributed by atoms with Gasteiger partial charge in [-0.25, -0.2) is 9.50 Å². The van der Waals surface area contributed by atoms with Crippen LogP contribution in [0.5, 0.6) is 0 Å². The zero-order chi connectivity index (χ0) is 22.6. The summed E-state index contributed by atoms with van der Waals surface area (Å²) in [4.78, 5) is 24.0. The van der Waals surface area contributed by atoms with Crippen LogP contribution in [0.4, 0.5) is 23.1 Å². The van der Waals surface area contributed by atoms with Crippen LogP contribution in [0.3, 0.4) is 0 Å². The van der Waals surface area contributed by atoms with Crippen molar-refractivity contribution in [3.63, 3.8) is 0 Å². The van der Waals surface area contributed by atoms with Crippen molar-refractivity contribution in [2.24, 2.45) is 0 Å². The van der Waals surface area contributed by atoms with Crippen LogP contribution in [0.1, 0.15) is 43.9 Å². The van der Waals surface area contributed by atoms with Crippen molar-refractivity contribution in [2.75, 3.05) is 22.1 Å². The van der Waals surface area contributed by atoms with Gasteiger partial charge in [0.2, 0.25) is 11.9 Å². The largest absolute Gasteiger partial charge is 0.346 e. The summed E-state index contributed by atoms with van der Waals surface area (Å²) in [5, 5.41) is 10.9. The number of carbonyl (C=O) groups is 1. The fourth-order valence-corrected chi connectivity index (χ4v) is 4.90. The van der Waals surface area contributed by atoms with Gasteiger partial charge in [-0.05, 0) is 49.9 Å². The summed E-state index contributed by atoms with van der Waals surface area (Å²) in [6, 6.07) is 16.7. The van der Waals surface area contributed by atoms with Crippen LogP contribution in [-0.2, 0) is 10.2 Å². The van der Waals surface area contributed by atoms with E-state index in [2.05, 4.69) is 49.9 Å². The number of rotatable bonds is 4. The maximum Gasteiger partial charge on any atom is 0.247 e. The quantitative estimate of drug-likeness (QED) is 0.489. The molecule has 1 atom stereocenters. The Morgan fingerprint density at radius 1 is 1.15 bits per heavy atom. The standard InChI is InChI=1S/C25H25N7O/c1-25(2)18-11-10-17(15-19(18)28-23(25)33)27-24-29-22-21(26-12-14-32(22)30-24)31-13-6-9-20(31)16-7-4-3-5-8-16/h3-5,7-8,10-12,14-15,20H,6,9,13H2,1-2H3,(H,27,30)(H,28,33). The maximum absolute atomic E-state index is 12.3. The number of hydrogen-bond acceptors (Lipinski definition) is 6. The second-order valence-electron chi connectivity index (χ2n) is 9.18. The topological polar surface area (TPSA) is 87.5 Å². The number of benzene rings is 2. The van der Waals surface area contributed by atoms with E-state index in [-0.39, 0.29) is 11.9 Å². The Balaban J connectivity index is 1.32. The van der Waals surface area contributed by atoms with Gasteiger partial charge in [-0.1, -0.05) is 36.4 Å². The molecule has 8 nitrogen and oxygen atoms in total. The molecule has 0 radical (unpaired) electrons. The number of hydrogen-bond donors (Lipinski definition) is 2. The third-order valence-electron chi connectivity index (χ3n) is 6.71. The summed E-state index contributed by atoms with van der Waals surface area (Å²) in [5.41, 5.74) is 4.12.